The van der Waals surface area contributed by atoms with Crippen LogP contribution >= 0.6 is 0 Å². The molecular formula is C15H18F2N2O3. The topological polar surface area (TPSA) is 50.8 Å². The number of halogens is 2. The molecule has 1 aromatic carbocycles. The van der Waals surface area contributed by atoms with Crippen LogP contribution in [0.5, 0.6) is 0 Å². The first-order valence-corrected chi connectivity index (χ1v) is 7.27. The number of ether oxygens (including phenoxy) is 2. The zero-order chi connectivity index (χ0) is 15.7. The molecule has 0 saturated carbocycles. The first-order valence-electron chi connectivity index (χ1n) is 7.27. The van der Waals surface area contributed by atoms with Crippen molar-refractivity contribution in [2.24, 2.45) is 0 Å². The van der Waals surface area contributed by atoms with Crippen LogP contribution in [-0.4, -0.2) is 43.0 Å². The molecule has 120 valence electrons. The minimum Gasteiger partial charge on any atom is -0.346 e. The zero-order valence-corrected chi connectivity index (χ0v) is 12.3. The van der Waals surface area contributed by atoms with Crippen LogP contribution in [0.15, 0.2) is 18.2 Å². The normalized spacial score (nSPS) is 21.3. The highest BCUT2D eigenvalue weighted by Crippen LogP contribution is 2.30. The summed E-state index contributed by atoms with van der Waals surface area (Å²) in [6, 6.07) is 2.91. The number of rotatable bonds is 2. The van der Waals surface area contributed by atoms with E-state index in [1.165, 1.54) is 6.07 Å². The average Bonchev–Trinajstić information content (AvgIpc) is 3.12. The van der Waals surface area contributed by atoms with Gasteiger partial charge in [-0.3, -0.25) is 0 Å². The fourth-order valence-corrected chi connectivity index (χ4v) is 2.80. The Morgan fingerprint density at radius 3 is 2.73 bits per heavy atom. The smallest absolute Gasteiger partial charge is 0.318 e. The second-order valence-electron chi connectivity index (χ2n) is 5.62. The Morgan fingerprint density at radius 1 is 1.32 bits per heavy atom. The molecule has 2 aliphatic heterocycles. The Balaban J connectivity index is 1.60. The lowest BCUT2D eigenvalue weighted by molar-refractivity contribution is -0.143. The molecule has 22 heavy (non-hydrogen) atoms. The molecule has 0 bridgehead atoms. The first kappa shape index (κ1) is 15.2. The van der Waals surface area contributed by atoms with Gasteiger partial charge < -0.3 is 19.7 Å². The number of amides is 2. The summed E-state index contributed by atoms with van der Waals surface area (Å²) in [5.74, 6) is -2.49. The lowest BCUT2D eigenvalue weighted by atomic mass is 10.1. The second kappa shape index (κ2) is 5.81. The lowest BCUT2D eigenvalue weighted by Gasteiger charge is -2.24. The molecule has 0 aliphatic carbocycles. The Kier molecular flexibility index (Phi) is 4.01. The van der Waals surface area contributed by atoms with E-state index in [1.807, 2.05) is 0 Å². The Bertz CT molecular complexity index is 576. The van der Waals surface area contributed by atoms with Gasteiger partial charge in [0, 0.05) is 13.0 Å². The van der Waals surface area contributed by atoms with E-state index in [0.717, 1.165) is 12.1 Å². The maximum Gasteiger partial charge on any atom is 0.318 e. The zero-order valence-electron chi connectivity index (χ0n) is 12.3. The standard InChI is InChI=1S/C15H18F2N2O3/c1-10(11-2-3-12(16)13(17)8-11)18-14(20)19-5-4-15(9-19)21-6-7-22-15/h2-3,8,10H,4-7,9H2,1H3,(H,18,20)/t10-/m0/s1. The predicted octanol–water partition coefficient (Wildman–Crippen LogP) is 2.18. The van der Waals surface area contributed by atoms with Crippen LogP contribution in [0.25, 0.3) is 0 Å². The largest absolute Gasteiger partial charge is 0.346 e. The summed E-state index contributed by atoms with van der Waals surface area (Å²) < 4.78 is 37.3. The summed E-state index contributed by atoms with van der Waals surface area (Å²) in [4.78, 5) is 13.9. The third-order valence-electron chi connectivity index (χ3n) is 4.08. The molecule has 7 heteroatoms. The van der Waals surface area contributed by atoms with Gasteiger partial charge in [0.25, 0.3) is 0 Å². The maximum absolute atomic E-state index is 13.2. The first-order chi connectivity index (χ1) is 10.5. The fourth-order valence-electron chi connectivity index (χ4n) is 2.80. The molecule has 1 aromatic rings. The van der Waals surface area contributed by atoms with E-state index in [0.29, 0.717) is 38.3 Å². The van der Waals surface area contributed by atoms with Crippen LogP contribution in [0.3, 0.4) is 0 Å². The van der Waals surface area contributed by atoms with Crippen LogP contribution in [-0.2, 0) is 9.47 Å². The van der Waals surface area contributed by atoms with Crippen molar-refractivity contribution in [3.05, 3.63) is 35.4 Å². The molecule has 2 fully saturated rings. The molecule has 5 nitrogen and oxygen atoms in total. The fraction of sp³-hybridized carbons (Fsp3) is 0.533. The van der Waals surface area contributed by atoms with Crippen molar-refractivity contribution in [1.82, 2.24) is 10.2 Å². The lowest BCUT2D eigenvalue weighted by Crippen LogP contribution is -2.42. The van der Waals surface area contributed by atoms with E-state index >= 15 is 0 Å². The van der Waals surface area contributed by atoms with Gasteiger partial charge in [-0.15, -0.1) is 0 Å². The van der Waals surface area contributed by atoms with Crippen molar-refractivity contribution >= 4 is 6.03 Å². The van der Waals surface area contributed by atoms with Gasteiger partial charge in [0.05, 0.1) is 25.8 Å². The Hall–Kier alpha value is -1.73. The summed E-state index contributed by atoms with van der Waals surface area (Å²) in [5.41, 5.74) is 0.509. The molecule has 1 atom stereocenters. The molecule has 0 aromatic heterocycles. The third-order valence-corrected chi connectivity index (χ3v) is 4.08. The number of hydrogen-bond acceptors (Lipinski definition) is 3. The van der Waals surface area contributed by atoms with E-state index in [4.69, 9.17) is 9.47 Å². The van der Waals surface area contributed by atoms with Crippen molar-refractivity contribution in [3.63, 3.8) is 0 Å². The molecule has 3 rings (SSSR count). The number of carbonyl (C=O) groups is 1. The minimum atomic E-state index is -0.925. The number of hydrogen-bond donors (Lipinski definition) is 1. The molecule has 2 aliphatic rings. The van der Waals surface area contributed by atoms with E-state index in [2.05, 4.69) is 5.32 Å². The van der Waals surface area contributed by atoms with Gasteiger partial charge >= 0.3 is 6.03 Å². The quantitative estimate of drug-likeness (QED) is 0.911. The van der Waals surface area contributed by atoms with E-state index < -0.39 is 23.5 Å². The number of nitrogens with zero attached hydrogens (tertiary/aromatic N) is 1. The molecule has 2 heterocycles. The average molecular weight is 312 g/mol. The van der Waals surface area contributed by atoms with Gasteiger partial charge in [0.15, 0.2) is 17.4 Å². The van der Waals surface area contributed by atoms with Crippen LogP contribution < -0.4 is 5.32 Å². The number of likely N-dealkylation sites (tertiary alicyclic amines) is 1. The van der Waals surface area contributed by atoms with Gasteiger partial charge in [-0.2, -0.15) is 0 Å². The van der Waals surface area contributed by atoms with Crippen molar-refractivity contribution in [1.29, 1.82) is 0 Å². The molecular weight excluding hydrogens is 294 g/mol. The number of carbonyl (C=O) groups excluding carboxylic acids is 1. The SMILES string of the molecule is C[C@H](NC(=O)N1CCC2(C1)OCCO2)c1ccc(F)c(F)c1. The van der Waals surface area contributed by atoms with Gasteiger partial charge in [-0.05, 0) is 24.6 Å². The summed E-state index contributed by atoms with van der Waals surface area (Å²) in [5, 5.41) is 2.78. The summed E-state index contributed by atoms with van der Waals surface area (Å²) >= 11 is 0. The highest BCUT2D eigenvalue weighted by Gasteiger charge is 2.44. The highest BCUT2D eigenvalue weighted by molar-refractivity contribution is 5.75. The van der Waals surface area contributed by atoms with Gasteiger partial charge in [0.2, 0.25) is 0 Å². The van der Waals surface area contributed by atoms with Crippen molar-refractivity contribution in [3.8, 4) is 0 Å². The van der Waals surface area contributed by atoms with Crippen LogP contribution in [0.1, 0.15) is 24.9 Å². The van der Waals surface area contributed by atoms with Crippen LogP contribution in [0.4, 0.5) is 13.6 Å². The van der Waals surface area contributed by atoms with Gasteiger partial charge in [-0.1, -0.05) is 6.07 Å². The van der Waals surface area contributed by atoms with Gasteiger partial charge in [-0.25, -0.2) is 13.6 Å². The maximum atomic E-state index is 13.2. The molecule has 0 radical (unpaired) electrons. The number of urea groups is 1. The minimum absolute atomic E-state index is 0.270. The molecule has 2 amide bonds. The summed E-state index contributed by atoms with van der Waals surface area (Å²) in [6.07, 6.45) is 0.639. The van der Waals surface area contributed by atoms with E-state index in [1.54, 1.807) is 11.8 Å². The van der Waals surface area contributed by atoms with Crippen molar-refractivity contribution in [2.45, 2.75) is 25.2 Å². The molecule has 2 saturated heterocycles. The van der Waals surface area contributed by atoms with Crippen molar-refractivity contribution < 1.29 is 23.0 Å². The van der Waals surface area contributed by atoms with Crippen LogP contribution in [0, 0.1) is 11.6 Å². The highest BCUT2D eigenvalue weighted by atomic mass is 19.2. The third kappa shape index (κ3) is 2.91. The molecule has 0 unspecified atom stereocenters. The molecule has 1 N–H and O–H groups in total. The summed E-state index contributed by atoms with van der Waals surface area (Å²) in [7, 11) is 0. The van der Waals surface area contributed by atoms with E-state index in [9.17, 15) is 13.6 Å². The number of benzene rings is 1. The van der Waals surface area contributed by atoms with Crippen molar-refractivity contribution in [2.75, 3.05) is 26.3 Å². The second-order valence-corrected chi connectivity index (χ2v) is 5.62. The number of nitrogens with one attached hydrogen (secondary N) is 1. The van der Waals surface area contributed by atoms with E-state index in [-0.39, 0.29) is 6.03 Å². The predicted molar refractivity (Wildman–Crippen MR) is 74.1 cm³/mol. The Labute approximate surface area is 127 Å². The van der Waals surface area contributed by atoms with Gasteiger partial charge in [0.1, 0.15) is 0 Å². The Morgan fingerprint density at radius 2 is 2.05 bits per heavy atom. The monoisotopic (exact) mass is 312 g/mol. The summed E-state index contributed by atoms with van der Waals surface area (Å²) in [6.45, 7) is 3.72. The van der Waals surface area contributed by atoms with Crippen LogP contribution in [0.2, 0.25) is 0 Å². The molecule has 1 spiro atoms.